The van der Waals surface area contributed by atoms with Crippen molar-refractivity contribution in [2.24, 2.45) is 0 Å². The number of nitrogens with zero attached hydrogens (tertiary/aromatic N) is 2. The van der Waals surface area contributed by atoms with Gasteiger partial charge in [-0.1, -0.05) is 0 Å². The minimum Gasteiger partial charge on any atom is -0.463 e. The zero-order valence-electron chi connectivity index (χ0n) is 13.3. The third kappa shape index (κ3) is 3.28. The maximum absolute atomic E-state index is 12.9. The standard InChI is InChI=1S/C17H20N2O4/c1-12-14(5-6-15(18-12)16-4-3-8-23-16)17(20)19-7-9-22-11-13(19)10-21-2/h3-6,8,13H,7,9-11H2,1-2H3. The third-order valence-corrected chi connectivity index (χ3v) is 3.94. The lowest BCUT2D eigenvalue weighted by atomic mass is 10.1. The highest BCUT2D eigenvalue weighted by Crippen LogP contribution is 2.21. The van der Waals surface area contributed by atoms with Gasteiger partial charge in [-0.3, -0.25) is 4.79 Å². The Labute approximate surface area is 135 Å². The highest BCUT2D eigenvalue weighted by molar-refractivity contribution is 5.95. The van der Waals surface area contributed by atoms with Crippen LogP contribution in [0.2, 0.25) is 0 Å². The molecule has 3 heterocycles. The summed E-state index contributed by atoms with van der Waals surface area (Å²) < 4.78 is 16.0. The smallest absolute Gasteiger partial charge is 0.256 e. The van der Waals surface area contributed by atoms with Crippen molar-refractivity contribution in [2.45, 2.75) is 13.0 Å². The molecule has 1 atom stereocenters. The van der Waals surface area contributed by atoms with Gasteiger partial charge < -0.3 is 18.8 Å². The summed E-state index contributed by atoms with van der Waals surface area (Å²) in [6.07, 6.45) is 1.61. The van der Waals surface area contributed by atoms with E-state index in [1.165, 1.54) is 0 Å². The van der Waals surface area contributed by atoms with E-state index < -0.39 is 0 Å². The molecule has 1 unspecified atom stereocenters. The largest absolute Gasteiger partial charge is 0.463 e. The van der Waals surface area contributed by atoms with Gasteiger partial charge >= 0.3 is 0 Å². The molecule has 1 amide bonds. The fourth-order valence-corrected chi connectivity index (χ4v) is 2.76. The zero-order chi connectivity index (χ0) is 16.2. The maximum Gasteiger partial charge on any atom is 0.256 e. The summed E-state index contributed by atoms with van der Waals surface area (Å²) in [7, 11) is 1.63. The monoisotopic (exact) mass is 316 g/mol. The van der Waals surface area contributed by atoms with Crippen LogP contribution >= 0.6 is 0 Å². The van der Waals surface area contributed by atoms with Crippen LogP contribution in [0.4, 0.5) is 0 Å². The number of carbonyl (C=O) groups is 1. The highest BCUT2D eigenvalue weighted by Gasteiger charge is 2.29. The van der Waals surface area contributed by atoms with E-state index >= 15 is 0 Å². The van der Waals surface area contributed by atoms with Crippen LogP contribution in [0, 0.1) is 6.92 Å². The van der Waals surface area contributed by atoms with Gasteiger partial charge in [0.25, 0.3) is 5.91 Å². The van der Waals surface area contributed by atoms with E-state index in [9.17, 15) is 4.79 Å². The first kappa shape index (κ1) is 15.7. The van der Waals surface area contributed by atoms with Crippen molar-refractivity contribution in [3.63, 3.8) is 0 Å². The molecule has 0 aliphatic carbocycles. The first-order valence-corrected chi connectivity index (χ1v) is 7.60. The van der Waals surface area contributed by atoms with E-state index in [4.69, 9.17) is 13.9 Å². The van der Waals surface area contributed by atoms with Gasteiger partial charge in [0.1, 0.15) is 5.69 Å². The summed E-state index contributed by atoms with van der Waals surface area (Å²) in [5, 5.41) is 0. The summed E-state index contributed by atoms with van der Waals surface area (Å²) in [5.74, 6) is 0.655. The topological polar surface area (TPSA) is 64.8 Å². The fraction of sp³-hybridized carbons (Fsp3) is 0.412. The molecule has 0 aromatic carbocycles. The van der Waals surface area contributed by atoms with Crippen molar-refractivity contribution in [1.82, 2.24) is 9.88 Å². The van der Waals surface area contributed by atoms with Crippen LogP contribution in [0.5, 0.6) is 0 Å². The van der Waals surface area contributed by atoms with Crippen LogP contribution in [-0.4, -0.2) is 55.3 Å². The zero-order valence-corrected chi connectivity index (χ0v) is 13.3. The lowest BCUT2D eigenvalue weighted by Crippen LogP contribution is -2.50. The van der Waals surface area contributed by atoms with Crippen molar-refractivity contribution in [2.75, 3.05) is 33.5 Å². The second-order valence-electron chi connectivity index (χ2n) is 5.49. The van der Waals surface area contributed by atoms with Crippen LogP contribution in [0.25, 0.3) is 11.5 Å². The molecule has 23 heavy (non-hydrogen) atoms. The van der Waals surface area contributed by atoms with Crippen LogP contribution < -0.4 is 0 Å². The van der Waals surface area contributed by atoms with Gasteiger partial charge in [0.2, 0.25) is 0 Å². The number of hydrogen-bond acceptors (Lipinski definition) is 5. The van der Waals surface area contributed by atoms with E-state index in [1.807, 2.05) is 36.1 Å². The molecule has 1 fully saturated rings. The van der Waals surface area contributed by atoms with Gasteiger partial charge in [-0.25, -0.2) is 4.98 Å². The quantitative estimate of drug-likeness (QED) is 0.864. The molecule has 0 saturated carbocycles. The lowest BCUT2D eigenvalue weighted by molar-refractivity contribution is -0.0252. The predicted octanol–water partition coefficient (Wildman–Crippen LogP) is 2.14. The SMILES string of the molecule is COCC1COCCN1C(=O)c1ccc(-c2ccco2)nc1C. The van der Waals surface area contributed by atoms with E-state index in [1.54, 1.807) is 13.4 Å². The molecule has 6 heteroatoms. The number of rotatable bonds is 4. The molecule has 1 saturated heterocycles. The number of aromatic nitrogens is 1. The van der Waals surface area contributed by atoms with Crippen molar-refractivity contribution in [1.29, 1.82) is 0 Å². The van der Waals surface area contributed by atoms with Gasteiger partial charge in [0.05, 0.1) is 43.4 Å². The maximum atomic E-state index is 12.9. The van der Waals surface area contributed by atoms with Crippen molar-refractivity contribution < 1.29 is 18.7 Å². The third-order valence-electron chi connectivity index (χ3n) is 3.94. The first-order valence-electron chi connectivity index (χ1n) is 7.60. The van der Waals surface area contributed by atoms with Crippen LogP contribution in [-0.2, 0) is 9.47 Å². The Morgan fingerprint density at radius 2 is 2.30 bits per heavy atom. The Bertz CT molecular complexity index is 667. The second-order valence-corrected chi connectivity index (χ2v) is 5.49. The Morgan fingerprint density at radius 1 is 1.43 bits per heavy atom. The number of carbonyl (C=O) groups excluding carboxylic acids is 1. The van der Waals surface area contributed by atoms with Gasteiger partial charge in [0, 0.05) is 13.7 Å². The molecule has 0 spiro atoms. The molecule has 2 aromatic heterocycles. The van der Waals surface area contributed by atoms with E-state index in [0.29, 0.717) is 43.4 Å². The van der Waals surface area contributed by atoms with Gasteiger partial charge in [-0.05, 0) is 31.2 Å². The molecule has 1 aliphatic heterocycles. The fourth-order valence-electron chi connectivity index (χ4n) is 2.76. The lowest BCUT2D eigenvalue weighted by Gasteiger charge is -2.35. The number of aryl methyl sites for hydroxylation is 1. The first-order chi connectivity index (χ1) is 11.2. The van der Waals surface area contributed by atoms with E-state index in [2.05, 4.69) is 4.98 Å². The Hall–Kier alpha value is -2.18. The molecule has 122 valence electrons. The van der Waals surface area contributed by atoms with Crippen LogP contribution in [0.1, 0.15) is 16.1 Å². The number of pyridine rings is 1. The summed E-state index contributed by atoms with van der Waals surface area (Å²) in [5.41, 5.74) is 2.01. The molecule has 6 nitrogen and oxygen atoms in total. The number of hydrogen-bond donors (Lipinski definition) is 0. The highest BCUT2D eigenvalue weighted by atomic mass is 16.5. The van der Waals surface area contributed by atoms with Crippen molar-refractivity contribution >= 4 is 5.91 Å². The average Bonchev–Trinajstić information content (AvgIpc) is 3.09. The van der Waals surface area contributed by atoms with Crippen molar-refractivity contribution in [3.8, 4) is 11.5 Å². The number of methoxy groups -OCH3 is 1. The minimum atomic E-state index is -0.0644. The Morgan fingerprint density at radius 3 is 3.00 bits per heavy atom. The number of morpholine rings is 1. The molecule has 3 rings (SSSR count). The second kappa shape index (κ2) is 6.93. The molecule has 1 aliphatic rings. The molecule has 2 aromatic rings. The number of ether oxygens (including phenoxy) is 2. The van der Waals surface area contributed by atoms with Crippen LogP contribution in [0.15, 0.2) is 34.9 Å². The van der Waals surface area contributed by atoms with Gasteiger partial charge in [0.15, 0.2) is 5.76 Å². The van der Waals surface area contributed by atoms with E-state index in [-0.39, 0.29) is 11.9 Å². The van der Waals surface area contributed by atoms with Gasteiger partial charge in [-0.15, -0.1) is 0 Å². The summed E-state index contributed by atoms with van der Waals surface area (Å²) >= 11 is 0. The number of furan rings is 1. The summed E-state index contributed by atoms with van der Waals surface area (Å²) in [4.78, 5) is 19.2. The number of amides is 1. The molecular weight excluding hydrogens is 296 g/mol. The molecule has 0 N–H and O–H groups in total. The molecule has 0 bridgehead atoms. The summed E-state index contributed by atoms with van der Waals surface area (Å²) in [6, 6.07) is 7.21. The van der Waals surface area contributed by atoms with E-state index in [0.717, 1.165) is 5.69 Å². The Balaban J connectivity index is 1.84. The molecule has 0 radical (unpaired) electrons. The minimum absolute atomic E-state index is 0.0358. The molecular formula is C17H20N2O4. The Kier molecular flexibility index (Phi) is 4.73. The van der Waals surface area contributed by atoms with Crippen molar-refractivity contribution in [3.05, 3.63) is 41.8 Å². The average molecular weight is 316 g/mol. The van der Waals surface area contributed by atoms with Gasteiger partial charge in [-0.2, -0.15) is 0 Å². The predicted molar refractivity (Wildman–Crippen MR) is 84.2 cm³/mol. The van der Waals surface area contributed by atoms with Crippen LogP contribution in [0.3, 0.4) is 0 Å². The summed E-state index contributed by atoms with van der Waals surface area (Å²) in [6.45, 7) is 3.90. The normalized spacial score (nSPS) is 18.2.